The summed E-state index contributed by atoms with van der Waals surface area (Å²) in [6, 6.07) is 5.79. The number of hydrogen-bond acceptors (Lipinski definition) is 5. The quantitative estimate of drug-likeness (QED) is 0.884. The molecule has 1 atom stereocenters. The van der Waals surface area contributed by atoms with Gasteiger partial charge in [0.2, 0.25) is 0 Å². The molecule has 3 rings (SSSR count). The number of carbonyl (C=O) groups is 1. The maximum atomic E-state index is 11.8. The Bertz CT molecular complexity index is 557. The first-order valence-corrected chi connectivity index (χ1v) is 6.44. The highest BCUT2D eigenvalue weighted by Crippen LogP contribution is 2.17. The van der Waals surface area contributed by atoms with E-state index in [0.717, 1.165) is 25.3 Å². The first-order chi connectivity index (χ1) is 9.81. The van der Waals surface area contributed by atoms with E-state index >= 15 is 0 Å². The summed E-state index contributed by atoms with van der Waals surface area (Å²) in [6.07, 6.45) is 5.54. The summed E-state index contributed by atoms with van der Waals surface area (Å²) in [5.74, 6) is 0.935. The average Bonchev–Trinajstić information content (AvgIpc) is 3.11. The molecule has 1 fully saturated rings. The minimum atomic E-state index is -0.305. The number of rotatable bonds is 3. The van der Waals surface area contributed by atoms with Gasteiger partial charge in [0.1, 0.15) is 12.1 Å². The van der Waals surface area contributed by atoms with Gasteiger partial charge in [0.15, 0.2) is 0 Å². The highest BCUT2D eigenvalue weighted by molar-refractivity contribution is 5.87. The Kier molecular flexibility index (Phi) is 3.49. The van der Waals surface area contributed by atoms with Gasteiger partial charge in [-0.25, -0.2) is 14.8 Å². The zero-order valence-corrected chi connectivity index (χ0v) is 10.8. The van der Waals surface area contributed by atoms with Crippen LogP contribution in [-0.2, 0) is 0 Å². The fourth-order valence-corrected chi connectivity index (χ4v) is 2.23. The number of nitrogens with one attached hydrogen (secondary N) is 2. The summed E-state index contributed by atoms with van der Waals surface area (Å²) >= 11 is 0. The molecule has 7 nitrogen and oxygen atoms in total. The monoisotopic (exact) mass is 273 g/mol. The van der Waals surface area contributed by atoms with E-state index in [1.54, 1.807) is 6.20 Å². The van der Waals surface area contributed by atoms with Crippen molar-refractivity contribution in [2.24, 2.45) is 0 Å². The predicted molar refractivity (Wildman–Crippen MR) is 73.5 cm³/mol. The van der Waals surface area contributed by atoms with Gasteiger partial charge in [0.05, 0.1) is 6.20 Å². The van der Waals surface area contributed by atoms with Gasteiger partial charge in [-0.15, -0.1) is 0 Å². The molecule has 7 heteroatoms. The first kappa shape index (κ1) is 12.5. The molecule has 0 bridgehead atoms. The van der Waals surface area contributed by atoms with Crippen LogP contribution >= 0.6 is 0 Å². The third-order valence-electron chi connectivity index (χ3n) is 3.15. The molecule has 2 amide bonds. The van der Waals surface area contributed by atoms with E-state index in [9.17, 15) is 4.79 Å². The molecule has 0 unspecified atom stereocenters. The number of aromatic nitrogens is 2. The Balaban J connectivity index is 1.52. The van der Waals surface area contributed by atoms with Crippen molar-refractivity contribution >= 4 is 17.9 Å². The van der Waals surface area contributed by atoms with Crippen molar-refractivity contribution in [3.05, 3.63) is 36.9 Å². The molecule has 3 heterocycles. The van der Waals surface area contributed by atoms with Crippen molar-refractivity contribution < 1.29 is 9.21 Å². The Labute approximate surface area is 116 Å². The second kappa shape index (κ2) is 5.60. The lowest BCUT2D eigenvalue weighted by Gasteiger charge is -2.17. The van der Waals surface area contributed by atoms with Gasteiger partial charge in [-0.3, -0.25) is 5.32 Å². The summed E-state index contributed by atoms with van der Waals surface area (Å²) in [5.41, 5.74) is 0. The molecule has 2 N–H and O–H groups in total. The Hall–Kier alpha value is -2.57. The van der Waals surface area contributed by atoms with Crippen LogP contribution in [0.15, 0.2) is 41.3 Å². The topological polar surface area (TPSA) is 83.3 Å². The zero-order valence-electron chi connectivity index (χ0n) is 10.8. The molecular formula is C13H15N5O2. The first-order valence-electron chi connectivity index (χ1n) is 6.44. The molecule has 20 heavy (non-hydrogen) atoms. The maximum absolute atomic E-state index is 11.8. The lowest BCUT2D eigenvalue weighted by Crippen LogP contribution is -2.39. The van der Waals surface area contributed by atoms with Crippen LogP contribution < -0.4 is 15.5 Å². The van der Waals surface area contributed by atoms with Crippen molar-refractivity contribution in [1.82, 2.24) is 15.3 Å². The zero-order chi connectivity index (χ0) is 13.8. The molecule has 1 saturated heterocycles. The van der Waals surface area contributed by atoms with Gasteiger partial charge in [0.25, 0.3) is 0 Å². The van der Waals surface area contributed by atoms with Gasteiger partial charge < -0.3 is 14.6 Å². The Morgan fingerprint density at radius 2 is 2.30 bits per heavy atom. The third-order valence-corrected chi connectivity index (χ3v) is 3.15. The molecule has 1 aliphatic rings. The molecule has 0 saturated carbocycles. The molecule has 104 valence electrons. The lowest BCUT2D eigenvalue weighted by molar-refractivity contribution is 0.248. The van der Waals surface area contributed by atoms with Crippen molar-refractivity contribution in [3.63, 3.8) is 0 Å². The number of nitrogens with zero attached hydrogens (tertiary/aromatic N) is 3. The van der Waals surface area contributed by atoms with Crippen LogP contribution in [0.4, 0.5) is 16.6 Å². The smallest absolute Gasteiger partial charge is 0.323 e. The minimum absolute atomic E-state index is 0.0898. The number of pyridine rings is 1. The number of oxazole rings is 1. The van der Waals surface area contributed by atoms with E-state index in [1.165, 1.54) is 12.5 Å². The number of hydrogen-bond donors (Lipinski definition) is 2. The summed E-state index contributed by atoms with van der Waals surface area (Å²) in [7, 11) is 0. The standard InChI is InChI=1S/C13H15N5O2/c19-12(17-13-15-6-8-20-13)16-10-4-7-18(9-10)11-3-1-2-5-14-11/h1-3,5-6,8,10H,4,7,9H2,(H2,15,16,17,19)/t10-/m0/s1. The number of urea groups is 1. The van der Waals surface area contributed by atoms with Crippen LogP contribution in [0.5, 0.6) is 0 Å². The fourth-order valence-electron chi connectivity index (χ4n) is 2.23. The van der Waals surface area contributed by atoms with Crippen LogP contribution in [0.3, 0.4) is 0 Å². The van der Waals surface area contributed by atoms with Crippen LogP contribution in [0, 0.1) is 0 Å². The van der Waals surface area contributed by atoms with Crippen LogP contribution in [0.25, 0.3) is 0 Å². The maximum Gasteiger partial charge on any atom is 0.323 e. The predicted octanol–water partition coefficient (Wildman–Crippen LogP) is 1.47. The molecule has 2 aromatic heterocycles. The molecule has 2 aromatic rings. The van der Waals surface area contributed by atoms with Crippen LogP contribution in [-0.4, -0.2) is 35.1 Å². The summed E-state index contributed by atoms with van der Waals surface area (Å²) < 4.78 is 4.96. The van der Waals surface area contributed by atoms with Crippen molar-refractivity contribution in [2.75, 3.05) is 23.3 Å². The van der Waals surface area contributed by atoms with Crippen molar-refractivity contribution in [3.8, 4) is 0 Å². The van der Waals surface area contributed by atoms with E-state index in [2.05, 4.69) is 25.5 Å². The Morgan fingerprint density at radius 1 is 1.35 bits per heavy atom. The summed E-state index contributed by atoms with van der Waals surface area (Å²) in [6.45, 7) is 1.62. The fraction of sp³-hybridized carbons (Fsp3) is 0.308. The highest BCUT2D eigenvalue weighted by Gasteiger charge is 2.24. The van der Waals surface area contributed by atoms with E-state index < -0.39 is 0 Å². The van der Waals surface area contributed by atoms with Gasteiger partial charge in [-0.1, -0.05) is 6.07 Å². The van der Waals surface area contributed by atoms with Crippen LogP contribution in [0.1, 0.15) is 6.42 Å². The summed E-state index contributed by atoms with van der Waals surface area (Å²) in [5, 5.41) is 5.44. The van der Waals surface area contributed by atoms with Crippen LogP contribution in [0.2, 0.25) is 0 Å². The molecule has 1 aliphatic heterocycles. The largest absolute Gasteiger partial charge is 0.432 e. The second-order valence-electron chi connectivity index (χ2n) is 4.56. The SMILES string of the molecule is O=C(Nc1ncco1)N[C@H]1CCN(c2ccccn2)C1. The third kappa shape index (κ3) is 2.87. The minimum Gasteiger partial charge on any atom is -0.432 e. The lowest BCUT2D eigenvalue weighted by atomic mass is 10.3. The van der Waals surface area contributed by atoms with Crippen molar-refractivity contribution in [2.45, 2.75) is 12.5 Å². The van der Waals surface area contributed by atoms with E-state index in [1.807, 2.05) is 18.2 Å². The van der Waals surface area contributed by atoms with Gasteiger partial charge in [-0.05, 0) is 18.6 Å². The number of anilines is 2. The normalized spacial score (nSPS) is 18.0. The second-order valence-corrected chi connectivity index (χ2v) is 4.56. The molecule has 0 aromatic carbocycles. The van der Waals surface area contributed by atoms with Gasteiger partial charge >= 0.3 is 12.0 Å². The van der Waals surface area contributed by atoms with E-state index in [4.69, 9.17) is 4.42 Å². The Morgan fingerprint density at radius 3 is 3.05 bits per heavy atom. The van der Waals surface area contributed by atoms with Gasteiger partial charge in [-0.2, -0.15) is 0 Å². The average molecular weight is 273 g/mol. The molecule has 0 aliphatic carbocycles. The van der Waals surface area contributed by atoms with E-state index in [-0.39, 0.29) is 18.1 Å². The van der Waals surface area contributed by atoms with Gasteiger partial charge in [0, 0.05) is 25.3 Å². The summed E-state index contributed by atoms with van der Waals surface area (Å²) in [4.78, 5) is 22.0. The molecule has 0 radical (unpaired) electrons. The van der Waals surface area contributed by atoms with Crippen molar-refractivity contribution in [1.29, 1.82) is 0 Å². The highest BCUT2D eigenvalue weighted by atomic mass is 16.4. The molecular weight excluding hydrogens is 258 g/mol. The number of carbonyl (C=O) groups excluding carboxylic acids is 1. The molecule has 0 spiro atoms. The van der Waals surface area contributed by atoms with E-state index in [0.29, 0.717) is 0 Å². The number of amides is 2.